The molecule has 2 aromatic heterocycles. The summed E-state index contributed by atoms with van der Waals surface area (Å²) in [5.74, 6) is -0.227. The van der Waals surface area contributed by atoms with E-state index in [1.807, 2.05) is 0 Å². The number of thioether (sulfide) groups is 1. The summed E-state index contributed by atoms with van der Waals surface area (Å²) in [7, 11) is 0. The molecule has 0 aliphatic heterocycles. The number of halogens is 3. The Morgan fingerprint density at radius 3 is 2.85 bits per heavy atom. The molecule has 2 N–H and O–H groups in total. The number of hydrogen-bond donors (Lipinski definition) is 2. The standard InChI is InChI=1S/C16H12Cl2FN5OS/c1-8(15(25)21-14-11(18)6-9(17)7-20-14)26-16-22-13(23-24-16)10-4-2-3-5-12(10)19/h2-8H,1H3,(H,20,21,25)(H,22,23,24)/t8-/m1/s1. The minimum atomic E-state index is -0.534. The number of carbonyl (C=O) groups excluding carboxylic acids is 1. The molecule has 0 aliphatic carbocycles. The van der Waals surface area contributed by atoms with Crippen LogP contribution in [-0.4, -0.2) is 31.3 Å². The highest BCUT2D eigenvalue weighted by molar-refractivity contribution is 8.00. The van der Waals surface area contributed by atoms with E-state index in [4.69, 9.17) is 23.2 Å². The number of pyridine rings is 1. The van der Waals surface area contributed by atoms with Crippen molar-refractivity contribution >= 4 is 46.7 Å². The van der Waals surface area contributed by atoms with Gasteiger partial charge in [0.1, 0.15) is 5.82 Å². The van der Waals surface area contributed by atoms with Crippen LogP contribution in [-0.2, 0) is 4.79 Å². The first-order valence-electron chi connectivity index (χ1n) is 7.40. The molecule has 1 amide bonds. The fourth-order valence-corrected chi connectivity index (χ4v) is 3.16. The van der Waals surface area contributed by atoms with Gasteiger partial charge in [-0.25, -0.2) is 14.4 Å². The van der Waals surface area contributed by atoms with Crippen LogP contribution in [0.4, 0.5) is 10.2 Å². The van der Waals surface area contributed by atoms with E-state index in [0.29, 0.717) is 21.6 Å². The van der Waals surface area contributed by atoms with Gasteiger partial charge in [0.2, 0.25) is 11.1 Å². The average Bonchev–Trinajstić information content (AvgIpc) is 3.06. The van der Waals surface area contributed by atoms with Gasteiger partial charge in [-0.1, -0.05) is 47.1 Å². The molecular weight excluding hydrogens is 400 g/mol. The molecule has 134 valence electrons. The molecule has 10 heteroatoms. The molecule has 3 rings (SSSR count). The van der Waals surface area contributed by atoms with Gasteiger partial charge < -0.3 is 5.32 Å². The van der Waals surface area contributed by atoms with E-state index in [2.05, 4.69) is 25.5 Å². The molecule has 0 aliphatic rings. The second kappa shape index (κ2) is 8.03. The van der Waals surface area contributed by atoms with Crippen molar-refractivity contribution in [2.75, 3.05) is 5.32 Å². The lowest BCUT2D eigenvalue weighted by atomic mass is 10.2. The fourth-order valence-electron chi connectivity index (χ4n) is 2.01. The number of aromatic amines is 1. The Labute approximate surface area is 162 Å². The molecule has 0 unspecified atom stereocenters. The number of hydrogen-bond acceptors (Lipinski definition) is 5. The summed E-state index contributed by atoms with van der Waals surface area (Å²) in [4.78, 5) is 20.5. The van der Waals surface area contributed by atoms with Crippen LogP contribution >= 0.6 is 35.0 Å². The molecule has 0 radical (unpaired) electrons. The highest BCUT2D eigenvalue weighted by Crippen LogP contribution is 2.26. The van der Waals surface area contributed by atoms with Crippen molar-refractivity contribution < 1.29 is 9.18 Å². The molecule has 0 saturated heterocycles. The zero-order valence-electron chi connectivity index (χ0n) is 13.3. The van der Waals surface area contributed by atoms with Gasteiger partial charge in [0.05, 0.1) is 20.9 Å². The Morgan fingerprint density at radius 2 is 2.12 bits per heavy atom. The number of carbonyl (C=O) groups is 1. The van der Waals surface area contributed by atoms with Gasteiger partial charge in [-0.2, -0.15) is 0 Å². The van der Waals surface area contributed by atoms with Gasteiger partial charge in [-0.05, 0) is 25.1 Å². The topological polar surface area (TPSA) is 83.6 Å². The van der Waals surface area contributed by atoms with Crippen molar-refractivity contribution in [1.82, 2.24) is 20.2 Å². The van der Waals surface area contributed by atoms with Crippen LogP contribution in [0.5, 0.6) is 0 Å². The summed E-state index contributed by atoms with van der Waals surface area (Å²) in [6, 6.07) is 7.71. The molecule has 1 aromatic carbocycles. The lowest BCUT2D eigenvalue weighted by molar-refractivity contribution is -0.115. The van der Waals surface area contributed by atoms with E-state index < -0.39 is 11.1 Å². The number of rotatable bonds is 5. The third kappa shape index (κ3) is 4.32. The largest absolute Gasteiger partial charge is 0.308 e. The molecule has 0 fully saturated rings. The maximum atomic E-state index is 13.8. The lowest BCUT2D eigenvalue weighted by Gasteiger charge is -2.10. The SMILES string of the molecule is C[C@@H](Sc1n[nH]c(-c2ccccc2F)n1)C(=O)Nc1ncc(Cl)cc1Cl. The first-order valence-corrected chi connectivity index (χ1v) is 9.03. The first-order chi connectivity index (χ1) is 12.4. The van der Waals surface area contributed by atoms with Gasteiger partial charge in [0, 0.05) is 6.20 Å². The van der Waals surface area contributed by atoms with Crippen LogP contribution < -0.4 is 5.32 Å². The highest BCUT2D eigenvalue weighted by Gasteiger charge is 2.19. The highest BCUT2D eigenvalue weighted by atomic mass is 35.5. The van der Waals surface area contributed by atoms with Crippen molar-refractivity contribution in [2.24, 2.45) is 0 Å². The van der Waals surface area contributed by atoms with E-state index >= 15 is 0 Å². The van der Waals surface area contributed by atoms with Crippen LogP contribution in [0.25, 0.3) is 11.4 Å². The van der Waals surface area contributed by atoms with Gasteiger partial charge in [0.25, 0.3) is 0 Å². The van der Waals surface area contributed by atoms with Gasteiger partial charge in [-0.3, -0.25) is 9.89 Å². The molecule has 0 saturated carbocycles. The number of amides is 1. The van der Waals surface area contributed by atoms with Crippen molar-refractivity contribution in [3.8, 4) is 11.4 Å². The second-order valence-electron chi connectivity index (χ2n) is 5.18. The Hall–Kier alpha value is -2.16. The molecule has 0 bridgehead atoms. The number of H-pyrrole nitrogens is 1. The molecule has 0 spiro atoms. The summed E-state index contributed by atoms with van der Waals surface area (Å²) in [5, 5.41) is 9.70. The maximum absolute atomic E-state index is 13.8. The zero-order chi connectivity index (χ0) is 18.7. The first kappa shape index (κ1) is 18.6. The zero-order valence-corrected chi connectivity index (χ0v) is 15.7. The monoisotopic (exact) mass is 411 g/mol. The van der Waals surface area contributed by atoms with E-state index in [0.717, 1.165) is 11.8 Å². The predicted octanol–water partition coefficient (Wildman–Crippen LogP) is 4.43. The Balaban J connectivity index is 1.67. The molecule has 6 nitrogen and oxygen atoms in total. The molecule has 3 aromatic rings. The number of aromatic nitrogens is 4. The average molecular weight is 412 g/mol. The van der Waals surface area contributed by atoms with E-state index in [1.54, 1.807) is 25.1 Å². The van der Waals surface area contributed by atoms with Crippen LogP contribution in [0, 0.1) is 5.82 Å². The number of benzene rings is 1. The van der Waals surface area contributed by atoms with E-state index in [9.17, 15) is 9.18 Å². The van der Waals surface area contributed by atoms with Crippen molar-refractivity contribution in [3.63, 3.8) is 0 Å². The molecule has 2 heterocycles. The van der Waals surface area contributed by atoms with Crippen LogP contribution in [0.3, 0.4) is 0 Å². The molecular formula is C16H12Cl2FN5OS. The minimum absolute atomic E-state index is 0.218. The van der Waals surface area contributed by atoms with Gasteiger partial charge >= 0.3 is 0 Å². The summed E-state index contributed by atoms with van der Waals surface area (Å²) in [6.45, 7) is 1.68. The second-order valence-corrected chi connectivity index (χ2v) is 7.33. The molecule has 1 atom stereocenters. The Morgan fingerprint density at radius 1 is 1.35 bits per heavy atom. The van der Waals surface area contributed by atoms with Crippen LogP contribution in [0.15, 0.2) is 41.7 Å². The lowest BCUT2D eigenvalue weighted by Crippen LogP contribution is -2.23. The third-order valence-electron chi connectivity index (χ3n) is 3.29. The van der Waals surface area contributed by atoms with Crippen molar-refractivity contribution in [2.45, 2.75) is 17.3 Å². The van der Waals surface area contributed by atoms with Crippen molar-refractivity contribution in [3.05, 3.63) is 52.4 Å². The van der Waals surface area contributed by atoms with Crippen LogP contribution in [0.2, 0.25) is 10.0 Å². The van der Waals surface area contributed by atoms with E-state index in [1.165, 1.54) is 18.3 Å². The number of nitrogens with zero attached hydrogens (tertiary/aromatic N) is 3. The van der Waals surface area contributed by atoms with Gasteiger partial charge in [0.15, 0.2) is 11.6 Å². The quantitative estimate of drug-likeness (QED) is 0.606. The van der Waals surface area contributed by atoms with Gasteiger partial charge in [-0.15, -0.1) is 5.10 Å². The fraction of sp³-hybridized carbons (Fsp3) is 0.125. The summed E-state index contributed by atoms with van der Waals surface area (Å²) >= 11 is 12.9. The Kier molecular flexibility index (Phi) is 5.75. The van der Waals surface area contributed by atoms with Crippen molar-refractivity contribution in [1.29, 1.82) is 0 Å². The molecule has 26 heavy (non-hydrogen) atoms. The number of anilines is 1. The summed E-state index contributed by atoms with van der Waals surface area (Å²) in [6.07, 6.45) is 1.39. The smallest absolute Gasteiger partial charge is 0.238 e. The Bertz CT molecular complexity index is 952. The van der Waals surface area contributed by atoms with Crippen LogP contribution in [0.1, 0.15) is 6.92 Å². The third-order valence-corrected chi connectivity index (χ3v) is 4.75. The predicted molar refractivity (Wildman–Crippen MR) is 100.0 cm³/mol. The van der Waals surface area contributed by atoms with E-state index in [-0.39, 0.29) is 16.7 Å². The maximum Gasteiger partial charge on any atom is 0.238 e. The normalized spacial score (nSPS) is 12.0. The summed E-state index contributed by atoms with van der Waals surface area (Å²) < 4.78 is 13.8. The number of nitrogens with one attached hydrogen (secondary N) is 2. The minimum Gasteiger partial charge on any atom is -0.308 e. The summed E-state index contributed by atoms with van der Waals surface area (Å²) in [5.41, 5.74) is 0.307.